The van der Waals surface area contributed by atoms with Crippen molar-refractivity contribution in [2.75, 3.05) is 34.0 Å². The number of aliphatic imine (C=N–C) groups is 1. The zero-order valence-electron chi connectivity index (χ0n) is 30.4. The van der Waals surface area contributed by atoms with Crippen molar-refractivity contribution in [2.24, 2.45) is 10.9 Å². The Labute approximate surface area is 320 Å². The van der Waals surface area contributed by atoms with Crippen LogP contribution in [0.15, 0.2) is 84.0 Å². The number of aromatic nitrogens is 3. The Morgan fingerprint density at radius 2 is 1.83 bits per heavy atom. The van der Waals surface area contributed by atoms with Gasteiger partial charge in [-0.25, -0.2) is 4.98 Å². The van der Waals surface area contributed by atoms with Gasteiger partial charge in [-0.1, -0.05) is 78.7 Å². The molecule has 10 nitrogen and oxygen atoms in total. The van der Waals surface area contributed by atoms with Gasteiger partial charge in [0.1, 0.15) is 12.4 Å². The van der Waals surface area contributed by atoms with Crippen LogP contribution in [-0.2, 0) is 22.6 Å². The molecule has 0 radical (unpaired) electrons. The summed E-state index contributed by atoms with van der Waals surface area (Å²) in [6.45, 7) is 7.08. The molecule has 1 aliphatic heterocycles. The van der Waals surface area contributed by atoms with Gasteiger partial charge in [-0.2, -0.15) is 0 Å². The number of nitrogens with zero attached hydrogens (tertiary/aromatic N) is 3. The van der Waals surface area contributed by atoms with Gasteiger partial charge in [-0.15, -0.1) is 0 Å². The van der Waals surface area contributed by atoms with Gasteiger partial charge < -0.3 is 30.4 Å². The molecule has 1 aliphatic rings. The van der Waals surface area contributed by atoms with E-state index in [4.69, 9.17) is 42.7 Å². The molecule has 1 fully saturated rings. The number of fused-ring (bicyclic) bond motifs is 1. The molecule has 6 rings (SSSR count). The number of hydrogen-bond donors (Lipinski definition) is 4. The van der Waals surface area contributed by atoms with E-state index in [1.165, 1.54) is 10.9 Å². The highest BCUT2D eigenvalue weighted by Crippen LogP contribution is 2.40. The molecular weight excluding hydrogens is 709 g/mol. The molecule has 3 heterocycles. The fraction of sp³-hybridized carbons (Fsp3) is 0.317. The minimum Gasteiger partial charge on any atom is -0.480 e. The van der Waals surface area contributed by atoms with Crippen LogP contribution in [0.4, 0.5) is 0 Å². The van der Waals surface area contributed by atoms with E-state index in [2.05, 4.69) is 70.1 Å². The van der Waals surface area contributed by atoms with Crippen LogP contribution >= 0.6 is 23.2 Å². The topological polar surface area (TPSA) is 126 Å². The quantitative estimate of drug-likeness (QED) is 0.0763. The van der Waals surface area contributed by atoms with E-state index in [9.17, 15) is 4.79 Å². The molecule has 2 atom stereocenters. The molecule has 2 unspecified atom stereocenters. The van der Waals surface area contributed by atoms with Crippen LogP contribution in [0.2, 0.25) is 10.0 Å². The molecule has 276 valence electrons. The molecule has 12 heteroatoms. The number of nitrogens with one attached hydrogen (secondary N) is 4. The van der Waals surface area contributed by atoms with Crippen molar-refractivity contribution >= 4 is 45.7 Å². The summed E-state index contributed by atoms with van der Waals surface area (Å²) in [5.74, 6) is 0.712. The second kappa shape index (κ2) is 18.0. The second-order valence-electron chi connectivity index (χ2n) is 13.3. The zero-order valence-corrected chi connectivity index (χ0v) is 31.9. The largest absolute Gasteiger partial charge is 0.480 e. The first-order valence-electron chi connectivity index (χ1n) is 17.7. The van der Waals surface area contributed by atoms with Crippen LogP contribution in [0, 0.1) is 12.8 Å². The molecular formula is C41H45Cl2N7O3. The lowest BCUT2D eigenvalue weighted by Crippen LogP contribution is -2.35. The van der Waals surface area contributed by atoms with Crippen molar-refractivity contribution < 1.29 is 14.3 Å². The Kier molecular flexibility index (Phi) is 12.9. The third-order valence-electron chi connectivity index (χ3n) is 9.17. The van der Waals surface area contributed by atoms with Crippen LogP contribution < -0.4 is 20.7 Å². The third-order valence-corrected chi connectivity index (χ3v) is 9.99. The minimum absolute atomic E-state index is 0.0872. The maximum atomic E-state index is 11.5. The lowest BCUT2D eigenvalue weighted by atomic mass is 9.97. The normalized spacial score (nSPS) is 15.4. The van der Waals surface area contributed by atoms with Crippen molar-refractivity contribution in [3.05, 3.63) is 112 Å². The first kappa shape index (κ1) is 38.2. The van der Waals surface area contributed by atoms with Crippen molar-refractivity contribution in [1.29, 1.82) is 0 Å². The van der Waals surface area contributed by atoms with E-state index >= 15 is 0 Å². The number of H-pyrrole nitrogens is 1. The maximum absolute atomic E-state index is 11.5. The Morgan fingerprint density at radius 3 is 2.60 bits per heavy atom. The number of methoxy groups -OCH3 is 2. The first-order valence-corrected chi connectivity index (χ1v) is 18.5. The fourth-order valence-corrected chi connectivity index (χ4v) is 7.10. The van der Waals surface area contributed by atoms with Gasteiger partial charge >= 0.3 is 0 Å². The molecule has 0 aliphatic carbocycles. The van der Waals surface area contributed by atoms with Crippen LogP contribution in [0.3, 0.4) is 0 Å². The lowest BCUT2D eigenvalue weighted by Gasteiger charge is -2.15. The number of carbonyl (C=O) groups excluding carboxylic acids is 1. The standard InChI is InChI=1S/C41H45Cl2N7O3/c1-25(19-44-20-27-12-15-34-28(18-27)17-26(2)48-34)11-14-35(47-24-52-3)32-9-5-7-30(39(32)42)31-8-6-10-33(40(31)43)36-23-46-37(41(50-36)53-4)22-45-21-29-13-16-38(51)49-29/h5-12,14-15,17-18,23,25,29,44-45,48H,13,16,19-22,24H2,1-4H3,(H,49,51)/b14-11-,47-35+. The summed E-state index contributed by atoms with van der Waals surface area (Å²) in [5, 5.41) is 12.1. The summed E-state index contributed by atoms with van der Waals surface area (Å²) in [4.78, 5) is 29.0. The van der Waals surface area contributed by atoms with E-state index in [0.717, 1.165) is 47.4 Å². The molecule has 4 N–H and O–H groups in total. The number of aromatic amines is 1. The van der Waals surface area contributed by atoms with Crippen molar-refractivity contribution in [3.63, 3.8) is 0 Å². The SMILES string of the molecule is COC/N=C(\C=C/C(C)CNCc1ccc2[nH]c(C)cc2c1)c1cccc(-c2cccc(-c3cnc(CNCC4CCC(=O)N4)c(OC)n3)c2Cl)c1Cl. The molecule has 1 amide bonds. The summed E-state index contributed by atoms with van der Waals surface area (Å²) in [6, 6.07) is 20.4. The highest BCUT2D eigenvalue weighted by atomic mass is 35.5. The van der Waals surface area contributed by atoms with Crippen LogP contribution in [0.5, 0.6) is 5.88 Å². The van der Waals surface area contributed by atoms with E-state index in [1.807, 2.05) is 42.5 Å². The van der Waals surface area contributed by atoms with E-state index in [0.29, 0.717) is 58.1 Å². The number of benzene rings is 3. The highest BCUT2D eigenvalue weighted by molar-refractivity contribution is 6.40. The molecule has 0 spiro atoms. The number of halogens is 2. The number of aryl methyl sites for hydroxylation is 1. The predicted octanol–water partition coefficient (Wildman–Crippen LogP) is 7.66. The molecule has 3 aromatic carbocycles. The first-order chi connectivity index (χ1) is 25.7. The monoisotopic (exact) mass is 753 g/mol. The molecule has 0 saturated carbocycles. The van der Waals surface area contributed by atoms with Crippen molar-refractivity contribution in [2.45, 2.75) is 45.8 Å². The van der Waals surface area contributed by atoms with Crippen molar-refractivity contribution in [1.82, 2.24) is 30.9 Å². The van der Waals surface area contributed by atoms with Gasteiger partial charge in [0.2, 0.25) is 11.8 Å². The van der Waals surface area contributed by atoms with Gasteiger partial charge in [0, 0.05) is 79.2 Å². The van der Waals surface area contributed by atoms with E-state index in [1.54, 1.807) is 20.4 Å². The Hall–Kier alpha value is -4.58. The second-order valence-corrected chi connectivity index (χ2v) is 14.0. The predicted molar refractivity (Wildman–Crippen MR) is 214 cm³/mol. The molecule has 2 aromatic heterocycles. The third kappa shape index (κ3) is 9.51. The average molecular weight is 755 g/mol. The van der Waals surface area contributed by atoms with Gasteiger partial charge in [-0.05, 0) is 54.5 Å². The number of carbonyl (C=O) groups is 1. The maximum Gasteiger partial charge on any atom is 0.237 e. The lowest BCUT2D eigenvalue weighted by molar-refractivity contribution is -0.119. The Balaban J connectivity index is 1.16. The summed E-state index contributed by atoms with van der Waals surface area (Å²) in [5.41, 5.74) is 8.47. The summed E-state index contributed by atoms with van der Waals surface area (Å²) >= 11 is 14.3. The summed E-state index contributed by atoms with van der Waals surface area (Å²) < 4.78 is 10.9. The van der Waals surface area contributed by atoms with Crippen molar-refractivity contribution in [3.8, 4) is 28.3 Å². The number of ether oxygens (including phenoxy) is 2. The van der Waals surface area contributed by atoms with E-state index in [-0.39, 0.29) is 24.6 Å². The van der Waals surface area contributed by atoms with Gasteiger partial charge in [0.25, 0.3) is 0 Å². The van der Waals surface area contributed by atoms with Crippen LogP contribution in [0.25, 0.3) is 33.3 Å². The van der Waals surface area contributed by atoms with Gasteiger partial charge in [0.05, 0.1) is 34.8 Å². The minimum atomic E-state index is 0.0872. The zero-order chi connectivity index (χ0) is 37.3. The molecule has 0 bridgehead atoms. The van der Waals surface area contributed by atoms with Gasteiger partial charge in [0.15, 0.2) is 0 Å². The molecule has 1 saturated heterocycles. The summed E-state index contributed by atoms with van der Waals surface area (Å²) in [7, 11) is 3.18. The number of hydrogen-bond acceptors (Lipinski definition) is 8. The fourth-order valence-electron chi connectivity index (χ4n) is 6.45. The number of rotatable bonds is 16. The smallest absolute Gasteiger partial charge is 0.237 e. The Bertz CT molecular complexity index is 2130. The number of amides is 1. The van der Waals surface area contributed by atoms with E-state index < -0.39 is 0 Å². The van der Waals surface area contributed by atoms with Crippen LogP contribution in [-0.4, -0.2) is 66.7 Å². The summed E-state index contributed by atoms with van der Waals surface area (Å²) in [6.07, 6.45) is 7.21. The molecule has 53 heavy (non-hydrogen) atoms. The van der Waals surface area contributed by atoms with Crippen LogP contribution in [0.1, 0.15) is 42.3 Å². The van der Waals surface area contributed by atoms with Gasteiger partial charge in [-0.3, -0.25) is 14.8 Å². The average Bonchev–Trinajstić information content (AvgIpc) is 3.75. The Morgan fingerprint density at radius 1 is 1.04 bits per heavy atom. The molecule has 5 aromatic rings. The number of allylic oxidation sites excluding steroid dienone is 1. The highest BCUT2D eigenvalue weighted by Gasteiger charge is 2.21.